The predicted octanol–water partition coefficient (Wildman–Crippen LogP) is 4.52. The third-order valence-corrected chi connectivity index (χ3v) is 3.33. The van der Waals surface area contributed by atoms with Crippen LogP contribution in [0, 0.1) is 6.92 Å². The number of ether oxygens (including phenoxy) is 1. The summed E-state index contributed by atoms with van der Waals surface area (Å²) in [4.78, 5) is 2.24. The van der Waals surface area contributed by atoms with E-state index in [1.165, 1.54) is 11.3 Å². The molecule has 2 N–H and O–H groups in total. The van der Waals surface area contributed by atoms with Crippen molar-refractivity contribution in [1.82, 2.24) is 0 Å². The molecule has 2 rings (SSSR count). The first-order valence-corrected chi connectivity index (χ1v) is 7.51. The van der Waals surface area contributed by atoms with Crippen molar-refractivity contribution in [2.24, 2.45) is 0 Å². The van der Waals surface area contributed by atoms with E-state index in [2.05, 4.69) is 56.0 Å². The fourth-order valence-corrected chi connectivity index (χ4v) is 2.37. The van der Waals surface area contributed by atoms with Crippen LogP contribution in [0.4, 0.5) is 17.1 Å². The standard InChI is InChI=1S/C18H24N2O/c1-4-9-21-18-12-15(19)11-17(13-18)20(5-2)16-8-6-7-14(3)10-16/h6-8,10-13H,4-5,9,19H2,1-3H3. The molecule has 0 radical (unpaired) electrons. The number of aryl methyl sites for hydroxylation is 1. The van der Waals surface area contributed by atoms with Gasteiger partial charge in [0.1, 0.15) is 5.75 Å². The lowest BCUT2D eigenvalue weighted by Gasteiger charge is -2.24. The SMILES string of the molecule is CCCOc1cc(N)cc(N(CC)c2cccc(C)c2)c1. The van der Waals surface area contributed by atoms with E-state index in [0.29, 0.717) is 6.61 Å². The maximum Gasteiger partial charge on any atom is 0.123 e. The molecule has 112 valence electrons. The highest BCUT2D eigenvalue weighted by Crippen LogP contribution is 2.31. The number of nitrogens with two attached hydrogens (primary N) is 1. The highest BCUT2D eigenvalue weighted by atomic mass is 16.5. The number of anilines is 3. The van der Waals surface area contributed by atoms with Gasteiger partial charge in [-0.1, -0.05) is 19.1 Å². The number of nitrogens with zero attached hydrogens (tertiary/aromatic N) is 1. The monoisotopic (exact) mass is 284 g/mol. The second-order valence-electron chi connectivity index (χ2n) is 5.19. The molecule has 2 aromatic carbocycles. The van der Waals surface area contributed by atoms with E-state index in [0.717, 1.165) is 30.1 Å². The summed E-state index contributed by atoms with van der Waals surface area (Å²) in [6.07, 6.45) is 0.986. The minimum absolute atomic E-state index is 0.708. The summed E-state index contributed by atoms with van der Waals surface area (Å²) in [5.74, 6) is 0.831. The van der Waals surface area contributed by atoms with Gasteiger partial charge < -0.3 is 15.4 Å². The minimum atomic E-state index is 0.708. The Hall–Kier alpha value is -2.16. The van der Waals surface area contributed by atoms with Crippen LogP contribution in [0.3, 0.4) is 0 Å². The maximum atomic E-state index is 6.02. The molecule has 0 atom stereocenters. The lowest BCUT2D eigenvalue weighted by molar-refractivity contribution is 0.317. The summed E-state index contributed by atoms with van der Waals surface area (Å²) in [7, 11) is 0. The normalized spacial score (nSPS) is 10.4. The maximum absolute atomic E-state index is 6.02. The quantitative estimate of drug-likeness (QED) is 0.792. The molecule has 0 fully saturated rings. The van der Waals surface area contributed by atoms with Crippen LogP contribution >= 0.6 is 0 Å². The van der Waals surface area contributed by atoms with Gasteiger partial charge >= 0.3 is 0 Å². The van der Waals surface area contributed by atoms with Gasteiger partial charge in [-0.2, -0.15) is 0 Å². The molecule has 2 aromatic rings. The second-order valence-corrected chi connectivity index (χ2v) is 5.19. The molecule has 0 amide bonds. The molecular formula is C18H24N2O. The molecule has 0 aliphatic heterocycles. The molecule has 0 aliphatic carbocycles. The first kappa shape index (κ1) is 15.2. The first-order valence-electron chi connectivity index (χ1n) is 7.51. The summed E-state index contributed by atoms with van der Waals surface area (Å²) in [5.41, 5.74) is 10.2. The van der Waals surface area contributed by atoms with E-state index in [9.17, 15) is 0 Å². The molecular weight excluding hydrogens is 260 g/mol. The molecule has 0 spiro atoms. The fourth-order valence-electron chi connectivity index (χ4n) is 2.37. The predicted molar refractivity (Wildman–Crippen MR) is 90.5 cm³/mol. The Kier molecular flexibility index (Phi) is 5.09. The number of nitrogen functional groups attached to an aromatic ring is 1. The van der Waals surface area contributed by atoms with E-state index in [1.54, 1.807) is 0 Å². The highest BCUT2D eigenvalue weighted by Gasteiger charge is 2.10. The number of hydrogen-bond acceptors (Lipinski definition) is 3. The zero-order valence-electron chi connectivity index (χ0n) is 13.1. The van der Waals surface area contributed by atoms with Crippen LogP contribution in [0.5, 0.6) is 5.75 Å². The minimum Gasteiger partial charge on any atom is -0.493 e. The molecule has 0 saturated carbocycles. The summed E-state index contributed by atoms with van der Waals surface area (Å²) < 4.78 is 5.72. The van der Waals surface area contributed by atoms with Gasteiger partial charge in [-0.25, -0.2) is 0 Å². The third-order valence-electron chi connectivity index (χ3n) is 3.33. The van der Waals surface area contributed by atoms with E-state index in [1.807, 2.05) is 12.1 Å². The molecule has 0 aromatic heterocycles. The van der Waals surface area contributed by atoms with E-state index in [4.69, 9.17) is 10.5 Å². The first-order chi connectivity index (χ1) is 10.1. The van der Waals surface area contributed by atoms with Gasteiger partial charge in [0.15, 0.2) is 0 Å². The Morgan fingerprint density at radius 2 is 1.86 bits per heavy atom. The van der Waals surface area contributed by atoms with Gasteiger partial charge in [-0.3, -0.25) is 0 Å². The van der Waals surface area contributed by atoms with Crippen molar-refractivity contribution >= 4 is 17.1 Å². The summed E-state index contributed by atoms with van der Waals surface area (Å²) in [5, 5.41) is 0. The highest BCUT2D eigenvalue weighted by molar-refractivity contribution is 5.69. The van der Waals surface area contributed by atoms with Gasteiger partial charge in [0.2, 0.25) is 0 Å². The molecule has 21 heavy (non-hydrogen) atoms. The van der Waals surface area contributed by atoms with Crippen molar-refractivity contribution in [3.63, 3.8) is 0 Å². The zero-order valence-corrected chi connectivity index (χ0v) is 13.1. The van der Waals surface area contributed by atoms with Gasteiger partial charge in [-0.05, 0) is 44.0 Å². The smallest absolute Gasteiger partial charge is 0.123 e. The van der Waals surface area contributed by atoms with Gasteiger partial charge in [0, 0.05) is 35.7 Å². The molecule has 3 heteroatoms. The molecule has 0 aliphatic rings. The topological polar surface area (TPSA) is 38.5 Å². The fraction of sp³-hybridized carbons (Fsp3) is 0.333. The summed E-state index contributed by atoms with van der Waals surface area (Å²) in [6.45, 7) is 7.92. The third kappa shape index (κ3) is 3.91. The van der Waals surface area contributed by atoms with Crippen LogP contribution in [0.1, 0.15) is 25.8 Å². The number of benzene rings is 2. The van der Waals surface area contributed by atoms with E-state index in [-0.39, 0.29) is 0 Å². The summed E-state index contributed by atoms with van der Waals surface area (Å²) in [6, 6.07) is 14.4. The van der Waals surface area contributed by atoms with Gasteiger partial charge in [-0.15, -0.1) is 0 Å². The van der Waals surface area contributed by atoms with Gasteiger partial charge in [0.05, 0.1) is 6.61 Å². The van der Waals surface area contributed by atoms with Crippen molar-refractivity contribution in [3.8, 4) is 5.75 Å². The van der Waals surface area contributed by atoms with Crippen molar-refractivity contribution in [2.75, 3.05) is 23.8 Å². The van der Waals surface area contributed by atoms with E-state index >= 15 is 0 Å². The Morgan fingerprint density at radius 1 is 1.05 bits per heavy atom. The Labute approximate surface area is 127 Å². The Bertz CT molecular complexity index is 596. The lowest BCUT2D eigenvalue weighted by Crippen LogP contribution is -2.16. The molecule has 0 bridgehead atoms. The second kappa shape index (κ2) is 7.02. The van der Waals surface area contributed by atoms with Crippen molar-refractivity contribution in [2.45, 2.75) is 27.2 Å². The lowest BCUT2D eigenvalue weighted by atomic mass is 10.1. The van der Waals surface area contributed by atoms with Crippen molar-refractivity contribution < 1.29 is 4.74 Å². The summed E-state index contributed by atoms with van der Waals surface area (Å²) >= 11 is 0. The molecule has 0 unspecified atom stereocenters. The Balaban J connectivity index is 2.35. The van der Waals surface area contributed by atoms with Crippen LogP contribution in [0.2, 0.25) is 0 Å². The van der Waals surface area contributed by atoms with Crippen LogP contribution < -0.4 is 15.4 Å². The van der Waals surface area contributed by atoms with E-state index < -0.39 is 0 Å². The van der Waals surface area contributed by atoms with Crippen LogP contribution in [-0.2, 0) is 0 Å². The van der Waals surface area contributed by atoms with Gasteiger partial charge in [0.25, 0.3) is 0 Å². The van der Waals surface area contributed by atoms with Crippen LogP contribution in [-0.4, -0.2) is 13.2 Å². The zero-order chi connectivity index (χ0) is 15.2. The van der Waals surface area contributed by atoms with Crippen molar-refractivity contribution in [3.05, 3.63) is 48.0 Å². The number of hydrogen-bond donors (Lipinski definition) is 1. The van der Waals surface area contributed by atoms with Crippen molar-refractivity contribution in [1.29, 1.82) is 0 Å². The molecule has 0 heterocycles. The number of rotatable bonds is 6. The van der Waals surface area contributed by atoms with Crippen LogP contribution in [0.15, 0.2) is 42.5 Å². The largest absolute Gasteiger partial charge is 0.493 e. The average molecular weight is 284 g/mol. The molecule has 3 nitrogen and oxygen atoms in total. The Morgan fingerprint density at radius 3 is 2.52 bits per heavy atom. The average Bonchev–Trinajstić information content (AvgIpc) is 2.45. The van der Waals surface area contributed by atoms with Crippen LogP contribution in [0.25, 0.3) is 0 Å². The molecule has 0 saturated heterocycles.